The SMILES string of the molecule is COC(=O)c1ccc(C(=O)Nc2cccc3c2C(=O)NC3)cc1. The van der Waals surface area contributed by atoms with E-state index in [-0.39, 0.29) is 11.8 Å². The van der Waals surface area contributed by atoms with Gasteiger partial charge in [0.25, 0.3) is 11.8 Å². The van der Waals surface area contributed by atoms with Gasteiger partial charge in [-0.3, -0.25) is 9.59 Å². The van der Waals surface area contributed by atoms with Crippen LogP contribution in [0.4, 0.5) is 5.69 Å². The van der Waals surface area contributed by atoms with Gasteiger partial charge in [0.1, 0.15) is 0 Å². The molecular weight excluding hydrogens is 296 g/mol. The Balaban J connectivity index is 1.82. The fourth-order valence-electron chi connectivity index (χ4n) is 2.45. The van der Waals surface area contributed by atoms with Crippen molar-refractivity contribution >= 4 is 23.5 Å². The molecule has 0 aromatic heterocycles. The van der Waals surface area contributed by atoms with Crippen molar-refractivity contribution in [3.05, 3.63) is 64.7 Å². The molecule has 0 spiro atoms. The van der Waals surface area contributed by atoms with Gasteiger partial charge in [-0.05, 0) is 35.9 Å². The first-order valence-corrected chi connectivity index (χ1v) is 7.00. The highest BCUT2D eigenvalue weighted by Gasteiger charge is 2.23. The third-order valence-corrected chi connectivity index (χ3v) is 3.63. The molecule has 0 aliphatic carbocycles. The van der Waals surface area contributed by atoms with Crippen LogP contribution in [0, 0.1) is 0 Å². The molecule has 1 aliphatic heterocycles. The van der Waals surface area contributed by atoms with Crippen molar-refractivity contribution in [2.75, 3.05) is 12.4 Å². The second kappa shape index (κ2) is 5.92. The summed E-state index contributed by atoms with van der Waals surface area (Å²) in [6, 6.07) is 11.4. The van der Waals surface area contributed by atoms with Crippen molar-refractivity contribution in [2.24, 2.45) is 0 Å². The fraction of sp³-hybridized carbons (Fsp3) is 0.118. The van der Waals surface area contributed by atoms with E-state index in [2.05, 4.69) is 15.4 Å². The average Bonchev–Trinajstić information content (AvgIpc) is 2.96. The number of fused-ring (bicyclic) bond motifs is 1. The van der Waals surface area contributed by atoms with Gasteiger partial charge in [-0.1, -0.05) is 12.1 Å². The van der Waals surface area contributed by atoms with Crippen molar-refractivity contribution in [2.45, 2.75) is 6.54 Å². The summed E-state index contributed by atoms with van der Waals surface area (Å²) < 4.78 is 4.61. The van der Waals surface area contributed by atoms with E-state index < -0.39 is 5.97 Å². The van der Waals surface area contributed by atoms with Crippen LogP contribution in [0.5, 0.6) is 0 Å². The lowest BCUT2D eigenvalue weighted by Crippen LogP contribution is -2.17. The Morgan fingerprint density at radius 2 is 1.78 bits per heavy atom. The van der Waals surface area contributed by atoms with Gasteiger partial charge < -0.3 is 15.4 Å². The molecule has 3 rings (SSSR count). The summed E-state index contributed by atoms with van der Waals surface area (Å²) in [4.78, 5) is 35.5. The predicted molar refractivity (Wildman–Crippen MR) is 83.3 cm³/mol. The molecule has 0 saturated carbocycles. The van der Waals surface area contributed by atoms with E-state index >= 15 is 0 Å². The number of methoxy groups -OCH3 is 1. The summed E-state index contributed by atoms with van der Waals surface area (Å²) in [6.07, 6.45) is 0. The highest BCUT2D eigenvalue weighted by atomic mass is 16.5. The number of benzene rings is 2. The number of hydrogen-bond donors (Lipinski definition) is 2. The second-order valence-corrected chi connectivity index (χ2v) is 5.05. The van der Waals surface area contributed by atoms with Crippen LogP contribution in [0.15, 0.2) is 42.5 Å². The number of carbonyl (C=O) groups is 3. The normalized spacial score (nSPS) is 12.3. The third kappa shape index (κ3) is 2.78. The van der Waals surface area contributed by atoms with Crippen molar-refractivity contribution in [1.82, 2.24) is 5.32 Å². The summed E-state index contributed by atoms with van der Waals surface area (Å²) in [5, 5.41) is 5.46. The fourth-order valence-corrected chi connectivity index (χ4v) is 2.45. The standard InChI is InChI=1S/C17H14N2O4/c1-23-17(22)11-7-5-10(6-8-11)15(20)19-13-4-2-3-12-9-18-16(21)14(12)13/h2-8H,9H2,1H3,(H,18,21)(H,19,20). The van der Waals surface area contributed by atoms with Crippen LogP contribution in [0.2, 0.25) is 0 Å². The minimum Gasteiger partial charge on any atom is -0.465 e. The van der Waals surface area contributed by atoms with Crippen LogP contribution < -0.4 is 10.6 Å². The minimum absolute atomic E-state index is 0.197. The molecule has 0 unspecified atom stereocenters. The highest BCUT2D eigenvalue weighted by Crippen LogP contribution is 2.24. The van der Waals surface area contributed by atoms with E-state index in [4.69, 9.17) is 0 Å². The molecule has 6 nitrogen and oxygen atoms in total. The topological polar surface area (TPSA) is 84.5 Å². The van der Waals surface area contributed by atoms with Gasteiger partial charge in [0.15, 0.2) is 0 Å². The first-order chi connectivity index (χ1) is 11.1. The van der Waals surface area contributed by atoms with Crippen LogP contribution in [-0.4, -0.2) is 24.9 Å². The number of carbonyl (C=O) groups excluding carboxylic acids is 3. The Morgan fingerprint density at radius 1 is 1.09 bits per heavy atom. The zero-order valence-corrected chi connectivity index (χ0v) is 12.4. The van der Waals surface area contributed by atoms with E-state index in [0.717, 1.165) is 5.56 Å². The lowest BCUT2D eigenvalue weighted by Gasteiger charge is -2.09. The van der Waals surface area contributed by atoms with E-state index in [0.29, 0.717) is 28.9 Å². The monoisotopic (exact) mass is 310 g/mol. The first kappa shape index (κ1) is 14.8. The van der Waals surface area contributed by atoms with Crippen LogP contribution >= 0.6 is 0 Å². The molecule has 2 aromatic rings. The van der Waals surface area contributed by atoms with Gasteiger partial charge in [0.2, 0.25) is 0 Å². The number of amides is 2. The maximum absolute atomic E-state index is 12.3. The zero-order chi connectivity index (χ0) is 16.4. The van der Waals surface area contributed by atoms with Crippen molar-refractivity contribution < 1.29 is 19.1 Å². The number of nitrogens with one attached hydrogen (secondary N) is 2. The molecule has 1 aliphatic rings. The van der Waals surface area contributed by atoms with Crippen LogP contribution in [-0.2, 0) is 11.3 Å². The van der Waals surface area contributed by atoms with Gasteiger partial charge in [0.05, 0.1) is 23.9 Å². The summed E-state index contributed by atoms with van der Waals surface area (Å²) in [6.45, 7) is 0.464. The predicted octanol–water partition coefficient (Wildman–Crippen LogP) is 1.97. The molecule has 0 bridgehead atoms. The second-order valence-electron chi connectivity index (χ2n) is 5.05. The largest absolute Gasteiger partial charge is 0.465 e. The quantitative estimate of drug-likeness (QED) is 0.849. The summed E-state index contributed by atoms with van der Waals surface area (Å²) in [7, 11) is 1.30. The van der Waals surface area contributed by atoms with Crippen LogP contribution in [0.3, 0.4) is 0 Å². The molecule has 0 radical (unpaired) electrons. The minimum atomic E-state index is -0.463. The van der Waals surface area contributed by atoms with E-state index in [1.54, 1.807) is 12.1 Å². The van der Waals surface area contributed by atoms with Crippen molar-refractivity contribution in [3.63, 3.8) is 0 Å². The summed E-state index contributed by atoms with van der Waals surface area (Å²) >= 11 is 0. The van der Waals surface area contributed by atoms with Crippen molar-refractivity contribution in [3.8, 4) is 0 Å². The third-order valence-electron chi connectivity index (χ3n) is 3.63. The maximum atomic E-state index is 12.3. The molecular formula is C17H14N2O4. The molecule has 6 heteroatoms. The maximum Gasteiger partial charge on any atom is 0.337 e. The molecule has 23 heavy (non-hydrogen) atoms. The smallest absolute Gasteiger partial charge is 0.337 e. The van der Waals surface area contributed by atoms with Gasteiger partial charge >= 0.3 is 5.97 Å². The Morgan fingerprint density at radius 3 is 2.48 bits per heavy atom. The van der Waals surface area contributed by atoms with E-state index in [1.807, 2.05) is 6.07 Å². The van der Waals surface area contributed by atoms with Gasteiger partial charge in [-0.2, -0.15) is 0 Å². The Bertz CT molecular complexity index is 797. The van der Waals surface area contributed by atoms with Crippen LogP contribution in [0.25, 0.3) is 0 Å². The van der Waals surface area contributed by atoms with E-state index in [1.165, 1.54) is 31.4 Å². The van der Waals surface area contributed by atoms with Crippen LogP contribution in [0.1, 0.15) is 36.6 Å². The number of anilines is 1. The molecule has 116 valence electrons. The summed E-state index contributed by atoms with van der Waals surface area (Å²) in [5.74, 6) is -1.01. The molecule has 0 fully saturated rings. The zero-order valence-electron chi connectivity index (χ0n) is 12.4. The number of rotatable bonds is 3. The lowest BCUT2D eigenvalue weighted by atomic mass is 10.1. The van der Waals surface area contributed by atoms with Crippen molar-refractivity contribution in [1.29, 1.82) is 0 Å². The molecule has 1 heterocycles. The first-order valence-electron chi connectivity index (χ1n) is 7.00. The van der Waals surface area contributed by atoms with Gasteiger partial charge in [0, 0.05) is 12.1 Å². The van der Waals surface area contributed by atoms with Gasteiger partial charge in [-0.15, -0.1) is 0 Å². The molecule has 2 N–H and O–H groups in total. The number of ether oxygens (including phenoxy) is 1. The van der Waals surface area contributed by atoms with E-state index in [9.17, 15) is 14.4 Å². The Kier molecular flexibility index (Phi) is 3.80. The molecule has 2 amide bonds. The molecule has 0 atom stereocenters. The lowest BCUT2D eigenvalue weighted by molar-refractivity contribution is 0.0600. The molecule has 2 aromatic carbocycles. The molecule has 0 saturated heterocycles. The highest BCUT2D eigenvalue weighted by molar-refractivity contribution is 6.10. The van der Waals surface area contributed by atoms with Gasteiger partial charge in [-0.25, -0.2) is 4.79 Å². The average molecular weight is 310 g/mol. The number of hydrogen-bond acceptors (Lipinski definition) is 4. The number of esters is 1. The Hall–Kier alpha value is -3.15. The Labute approximate surface area is 132 Å². The summed E-state index contributed by atoms with van der Waals surface area (Å²) in [5.41, 5.74) is 2.57.